The summed E-state index contributed by atoms with van der Waals surface area (Å²) in [6.07, 6.45) is 1.76. The summed E-state index contributed by atoms with van der Waals surface area (Å²) < 4.78 is 0. The molecule has 0 aliphatic carbocycles. The summed E-state index contributed by atoms with van der Waals surface area (Å²) in [5.74, 6) is 1.36. The van der Waals surface area contributed by atoms with Gasteiger partial charge in [-0.1, -0.05) is 49.6 Å². The third-order valence-electron chi connectivity index (χ3n) is 2.27. The number of hydrogen-bond donors (Lipinski definition) is 2. The van der Waals surface area contributed by atoms with Crippen LogP contribution in [0.1, 0.15) is 19.4 Å². The smallest absolute Gasteiger partial charge is 0.424 e. The van der Waals surface area contributed by atoms with Crippen LogP contribution < -0.4 is 0 Å². The normalized spacial score (nSPS) is 12.1. The van der Waals surface area contributed by atoms with Crippen LogP contribution in [0.5, 0.6) is 0 Å². The van der Waals surface area contributed by atoms with E-state index in [2.05, 4.69) is 0 Å². The van der Waals surface area contributed by atoms with Gasteiger partial charge in [-0.2, -0.15) is 0 Å². The van der Waals surface area contributed by atoms with E-state index in [1.54, 1.807) is 6.08 Å². The summed E-state index contributed by atoms with van der Waals surface area (Å²) in [4.78, 5) is 0. The van der Waals surface area contributed by atoms with Crippen LogP contribution in [0.4, 0.5) is 0 Å². The van der Waals surface area contributed by atoms with Gasteiger partial charge in [-0.15, -0.1) is 0 Å². The molecule has 0 saturated heterocycles. The molecule has 4 heteroatoms. The van der Waals surface area contributed by atoms with Gasteiger partial charge in [0.1, 0.15) is 0 Å². The van der Waals surface area contributed by atoms with E-state index in [-0.39, 0.29) is 5.41 Å². The zero-order valence-corrected chi connectivity index (χ0v) is 9.57. The van der Waals surface area contributed by atoms with Crippen LogP contribution in [-0.4, -0.2) is 17.2 Å². The second-order valence-corrected chi connectivity index (χ2v) is 4.44. The molecule has 2 N–H and O–H groups in total. The van der Waals surface area contributed by atoms with E-state index in [1.807, 2.05) is 38.1 Å². The lowest BCUT2D eigenvalue weighted by molar-refractivity contribution is 0.423. The second kappa shape index (κ2) is 4.84. The first-order valence-electron chi connectivity index (χ1n) is 4.73. The molecule has 0 aliphatic heterocycles. The first kappa shape index (κ1) is 12.3. The summed E-state index contributed by atoms with van der Waals surface area (Å²) in [6, 6.07) is 7.50. The molecule has 0 bridgehead atoms. The summed E-state index contributed by atoms with van der Waals surface area (Å²) >= 11 is 5.79. The van der Waals surface area contributed by atoms with Crippen molar-refractivity contribution in [1.29, 1.82) is 0 Å². The maximum absolute atomic E-state index is 8.75. The highest BCUT2D eigenvalue weighted by molar-refractivity contribution is 6.47. The molecule has 0 amide bonds. The van der Waals surface area contributed by atoms with Gasteiger partial charge in [0, 0.05) is 10.4 Å². The Balaban J connectivity index is 2.90. The summed E-state index contributed by atoms with van der Waals surface area (Å²) in [7, 11) is -1.41. The van der Waals surface area contributed by atoms with Gasteiger partial charge < -0.3 is 10.0 Å². The lowest BCUT2D eigenvalue weighted by Crippen LogP contribution is -2.16. The van der Waals surface area contributed by atoms with E-state index in [0.717, 1.165) is 5.56 Å². The van der Waals surface area contributed by atoms with Crippen molar-refractivity contribution in [2.24, 2.45) is 0 Å². The maximum atomic E-state index is 8.75. The van der Waals surface area contributed by atoms with E-state index in [4.69, 9.17) is 21.6 Å². The maximum Gasteiger partial charge on any atom is 0.480 e. The second-order valence-electron chi connectivity index (χ2n) is 4.00. The van der Waals surface area contributed by atoms with E-state index in [1.165, 1.54) is 5.98 Å². The van der Waals surface area contributed by atoms with Crippen molar-refractivity contribution in [3.63, 3.8) is 0 Å². The Labute approximate surface area is 95.4 Å². The van der Waals surface area contributed by atoms with Crippen molar-refractivity contribution in [2.45, 2.75) is 19.3 Å². The molecule has 80 valence electrons. The molecule has 0 aliphatic rings. The van der Waals surface area contributed by atoms with Gasteiger partial charge >= 0.3 is 7.12 Å². The molecule has 0 unspecified atom stereocenters. The minimum atomic E-state index is -1.41. The van der Waals surface area contributed by atoms with Crippen molar-refractivity contribution in [3.8, 4) is 0 Å². The van der Waals surface area contributed by atoms with Crippen LogP contribution in [-0.2, 0) is 5.41 Å². The van der Waals surface area contributed by atoms with Crippen LogP contribution in [0.2, 0.25) is 5.02 Å². The van der Waals surface area contributed by atoms with Gasteiger partial charge in [-0.25, -0.2) is 0 Å². The van der Waals surface area contributed by atoms with Gasteiger partial charge in [-0.05, 0) is 17.7 Å². The van der Waals surface area contributed by atoms with Gasteiger partial charge in [0.15, 0.2) is 0 Å². The average molecular weight is 224 g/mol. The number of hydrogen-bond acceptors (Lipinski definition) is 2. The molecule has 0 fully saturated rings. The Morgan fingerprint density at radius 3 is 2.20 bits per heavy atom. The molecule has 0 saturated carbocycles. The van der Waals surface area contributed by atoms with Gasteiger partial charge in [-0.3, -0.25) is 0 Å². The van der Waals surface area contributed by atoms with E-state index < -0.39 is 7.12 Å². The highest BCUT2D eigenvalue weighted by Gasteiger charge is 2.17. The highest BCUT2D eigenvalue weighted by atomic mass is 35.5. The molecule has 15 heavy (non-hydrogen) atoms. The van der Waals surface area contributed by atoms with Crippen molar-refractivity contribution in [1.82, 2.24) is 0 Å². The first-order chi connectivity index (χ1) is 6.92. The minimum Gasteiger partial charge on any atom is -0.424 e. The minimum absolute atomic E-state index is 0.242. The SMILES string of the molecule is CC(C)(/C=C/B(O)O)c1ccc(Cl)cc1. The Morgan fingerprint density at radius 2 is 1.73 bits per heavy atom. The third kappa shape index (κ3) is 3.70. The van der Waals surface area contributed by atoms with Gasteiger partial charge in [0.2, 0.25) is 0 Å². The Bertz CT molecular complexity index is 344. The van der Waals surface area contributed by atoms with Gasteiger partial charge in [0.05, 0.1) is 0 Å². The van der Waals surface area contributed by atoms with Crippen LogP contribution in [0.3, 0.4) is 0 Å². The third-order valence-corrected chi connectivity index (χ3v) is 2.53. The molecule has 0 aromatic heterocycles. The Kier molecular flexibility index (Phi) is 3.97. The standard InChI is InChI=1S/C11H14BClO2/c1-11(2,7-8-12(14)15)9-3-5-10(13)6-4-9/h3-8,14-15H,1-2H3/b8-7+. The van der Waals surface area contributed by atoms with Crippen molar-refractivity contribution < 1.29 is 10.0 Å². The fourth-order valence-corrected chi connectivity index (χ4v) is 1.43. The molecule has 0 radical (unpaired) electrons. The number of allylic oxidation sites excluding steroid dienone is 1. The summed E-state index contributed by atoms with van der Waals surface area (Å²) in [5, 5.41) is 18.2. The molecule has 0 heterocycles. The van der Waals surface area contributed by atoms with Crippen molar-refractivity contribution >= 4 is 18.7 Å². The van der Waals surface area contributed by atoms with Gasteiger partial charge in [0.25, 0.3) is 0 Å². The summed E-state index contributed by atoms with van der Waals surface area (Å²) in [6.45, 7) is 3.99. The quantitative estimate of drug-likeness (QED) is 0.773. The van der Waals surface area contributed by atoms with Crippen molar-refractivity contribution in [2.75, 3.05) is 0 Å². The van der Waals surface area contributed by atoms with E-state index >= 15 is 0 Å². The van der Waals surface area contributed by atoms with Crippen LogP contribution in [0.15, 0.2) is 36.3 Å². The van der Waals surface area contributed by atoms with Crippen LogP contribution in [0, 0.1) is 0 Å². The molecule has 1 aromatic carbocycles. The van der Waals surface area contributed by atoms with Crippen molar-refractivity contribution in [3.05, 3.63) is 46.9 Å². The lowest BCUT2D eigenvalue weighted by atomic mass is 9.80. The largest absolute Gasteiger partial charge is 0.480 e. The molecular formula is C11H14BClO2. The monoisotopic (exact) mass is 224 g/mol. The lowest BCUT2D eigenvalue weighted by Gasteiger charge is -2.21. The number of halogens is 1. The zero-order chi connectivity index (χ0) is 11.5. The topological polar surface area (TPSA) is 40.5 Å². The van der Waals surface area contributed by atoms with Crippen LogP contribution >= 0.6 is 11.6 Å². The number of rotatable bonds is 3. The summed E-state index contributed by atoms with van der Waals surface area (Å²) in [5.41, 5.74) is 0.831. The first-order valence-corrected chi connectivity index (χ1v) is 5.11. The van der Waals surface area contributed by atoms with E-state index in [9.17, 15) is 0 Å². The molecule has 2 nitrogen and oxygen atoms in total. The fourth-order valence-electron chi connectivity index (χ4n) is 1.30. The Hall–Kier alpha value is -0.765. The van der Waals surface area contributed by atoms with Crippen LogP contribution in [0.25, 0.3) is 0 Å². The fraction of sp³-hybridized carbons (Fsp3) is 0.273. The predicted molar refractivity (Wildman–Crippen MR) is 63.8 cm³/mol. The zero-order valence-electron chi connectivity index (χ0n) is 8.81. The Morgan fingerprint density at radius 1 is 1.20 bits per heavy atom. The number of benzene rings is 1. The molecule has 0 atom stereocenters. The average Bonchev–Trinajstić information content (AvgIpc) is 2.16. The molecule has 1 rings (SSSR count). The molecule has 0 spiro atoms. The molecule has 1 aromatic rings. The molecular weight excluding hydrogens is 210 g/mol. The predicted octanol–water partition coefficient (Wildman–Crippen LogP) is 2.19. The van der Waals surface area contributed by atoms with E-state index in [0.29, 0.717) is 5.02 Å². The highest BCUT2D eigenvalue weighted by Crippen LogP contribution is 2.25.